The summed E-state index contributed by atoms with van der Waals surface area (Å²) in [5.74, 6) is 0.854. The van der Waals surface area contributed by atoms with E-state index in [0.717, 1.165) is 39.6 Å². The molecule has 0 atom stereocenters. The molecule has 2 N–H and O–H groups in total. The number of methoxy groups -OCH3 is 1. The van der Waals surface area contributed by atoms with Crippen molar-refractivity contribution < 1.29 is 4.74 Å². The molecule has 0 fully saturated rings. The zero-order chi connectivity index (χ0) is 13.2. The van der Waals surface area contributed by atoms with Crippen molar-refractivity contribution in [2.45, 2.75) is 6.92 Å². The molecular weight excluding hydrogens is 258 g/mol. The van der Waals surface area contributed by atoms with E-state index < -0.39 is 0 Å². The van der Waals surface area contributed by atoms with Crippen LogP contribution in [0.2, 0.25) is 0 Å². The molecule has 0 amide bonds. The minimum absolute atomic E-state index is 0.854. The first-order chi connectivity index (χ1) is 9.31. The van der Waals surface area contributed by atoms with Crippen molar-refractivity contribution in [3.8, 4) is 17.0 Å². The summed E-state index contributed by atoms with van der Waals surface area (Å²) in [7, 11) is 1.67. The van der Waals surface area contributed by atoms with Gasteiger partial charge in [0.25, 0.3) is 0 Å². The molecule has 98 valence electrons. The summed E-state index contributed by atoms with van der Waals surface area (Å²) in [5.41, 5.74) is 3.18. The third-order valence-corrected chi connectivity index (χ3v) is 3.80. The monoisotopic (exact) mass is 273 g/mol. The second-order valence-electron chi connectivity index (χ2n) is 4.18. The summed E-state index contributed by atoms with van der Waals surface area (Å²) in [4.78, 5) is 7.86. The lowest BCUT2D eigenvalue weighted by molar-refractivity contribution is 0.415. The Hall–Kier alpha value is -2.01. The first-order valence-corrected chi connectivity index (χ1v) is 7.04. The number of anilines is 1. The summed E-state index contributed by atoms with van der Waals surface area (Å²) in [6.45, 7) is 2.96. The van der Waals surface area contributed by atoms with Crippen LogP contribution in [0, 0.1) is 0 Å². The normalized spacial score (nSPS) is 10.8. The van der Waals surface area contributed by atoms with Crippen LogP contribution >= 0.6 is 11.3 Å². The Labute approximate surface area is 115 Å². The van der Waals surface area contributed by atoms with Crippen LogP contribution in [0.4, 0.5) is 5.13 Å². The number of H-pyrrole nitrogens is 1. The average molecular weight is 273 g/mol. The van der Waals surface area contributed by atoms with Crippen molar-refractivity contribution >= 4 is 27.4 Å². The van der Waals surface area contributed by atoms with E-state index >= 15 is 0 Å². The van der Waals surface area contributed by atoms with Crippen molar-refractivity contribution in [1.29, 1.82) is 0 Å². The van der Waals surface area contributed by atoms with Crippen molar-refractivity contribution in [2.24, 2.45) is 0 Å². The molecule has 0 bridgehead atoms. The van der Waals surface area contributed by atoms with Gasteiger partial charge in [0.05, 0.1) is 12.8 Å². The van der Waals surface area contributed by atoms with E-state index in [1.807, 2.05) is 18.3 Å². The smallest absolute Gasteiger partial charge is 0.183 e. The van der Waals surface area contributed by atoms with Gasteiger partial charge in [-0.3, -0.25) is 0 Å². The van der Waals surface area contributed by atoms with Crippen molar-refractivity contribution in [2.75, 3.05) is 19.0 Å². The predicted molar refractivity (Wildman–Crippen MR) is 80.1 cm³/mol. The molecular formula is C14H15N3OS. The van der Waals surface area contributed by atoms with Crippen LogP contribution < -0.4 is 10.1 Å². The second-order valence-corrected chi connectivity index (χ2v) is 5.04. The van der Waals surface area contributed by atoms with Crippen molar-refractivity contribution in [3.05, 3.63) is 29.8 Å². The number of nitrogens with zero attached hydrogens (tertiary/aromatic N) is 1. The van der Waals surface area contributed by atoms with Crippen molar-refractivity contribution in [1.82, 2.24) is 9.97 Å². The number of aromatic amines is 1. The van der Waals surface area contributed by atoms with E-state index in [1.165, 1.54) is 0 Å². The number of nitrogens with one attached hydrogen (secondary N) is 2. The van der Waals surface area contributed by atoms with Crippen molar-refractivity contribution in [3.63, 3.8) is 0 Å². The van der Waals surface area contributed by atoms with Gasteiger partial charge in [0.2, 0.25) is 0 Å². The highest BCUT2D eigenvalue weighted by atomic mass is 32.1. The number of hydrogen-bond donors (Lipinski definition) is 2. The van der Waals surface area contributed by atoms with Crippen LogP contribution in [0.25, 0.3) is 22.2 Å². The fourth-order valence-electron chi connectivity index (χ4n) is 2.07. The quantitative estimate of drug-likeness (QED) is 0.761. The molecule has 0 aliphatic rings. The van der Waals surface area contributed by atoms with E-state index in [0.29, 0.717) is 0 Å². The SMILES string of the molecule is CCNc1nc(-c2c[nH]c3cc(OC)ccc23)cs1. The van der Waals surface area contributed by atoms with Gasteiger partial charge in [-0.05, 0) is 19.1 Å². The topological polar surface area (TPSA) is 49.9 Å². The van der Waals surface area contributed by atoms with E-state index in [-0.39, 0.29) is 0 Å². The summed E-state index contributed by atoms with van der Waals surface area (Å²) in [6.07, 6.45) is 1.99. The largest absolute Gasteiger partial charge is 0.497 e. The number of fused-ring (bicyclic) bond motifs is 1. The molecule has 2 heterocycles. The van der Waals surface area contributed by atoms with Crippen LogP contribution in [0.15, 0.2) is 29.8 Å². The van der Waals surface area contributed by atoms with E-state index in [9.17, 15) is 0 Å². The van der Waals surface area contributed by atoms with Gasteiger partial charge in [-0.1, -0.05) is 0 Å². The Morgan fingerprint density at radius 1 is 1.42 bits per heavy atom. The zero-order valence-electron chi connectivity index (χ0n) is 10.9. The molecule has 5 heteroatoms. The minimum Gasteiger partial charge on any atom is -0.497 e. The standard InChI is InChI=1S/C14H15N3OS/c1-3-15-14-17-13(8-19-14)11-7-16-12-6-9(18-2)4-5-10(11)12/h4-8,16H,3H2,1-2H3,(H,15,17). The number of benzene rings is 1. The Kier molecular flexibility index (Phi) is 3.13. The molecule has 0 saturated carbocycles. The van der Waals surface area contributed by atoms with Crippen LogP contribution in [-0.2, 0) is 0 Å². The molecule has 19 heavy (non-hydrogen) atoms. The van der Waals surface area contributed by atoms with Gasteiger partial charge >= 0.3 is 0 Å². The van der Waals surface area contributed by atoms with Gasteiger partial charge in [-0.25, -0.2) is 4.98 Å². The average Bonchev–Trinajstić information content (AvgIpc) is 3.04. The highest BCUT2D eigenvalue weighted by Gasteiger charge is 2.10. The lowest BCUT2D eigenvalue weighted by atomic mass is 10.1. The molecule has 3 rings (SSSR count). The maximum absolute atomic E-state index is 5.23. The minimum atomic E-state index is 0.854. The van der Waals surface area contributed by atoms with Crippen LogP contribution in [-0.4, -0.2) is 23.6 Å². The van der Waals surface area contributed by atoms with Crippen LogP contribution in [0.5, 0.6) is 5.75 Å². The first-order valence-electron chi connectivity index (χ1n) is 6.16. The highest BCUT2D eigenvalue weighted by molar-refractivity contribution is 7.14. The number of aromatic nitrogens is 2. The van der Waals surface area contributed by atoms with E-state index in [1.54, 1.807) is 18.4 Å². The van der Waals surface area contributed by atoms with Gasteiger partial charge in [0.15, 0.2) is 5.13 Å². The molecule has 0 radical (unpaired) electrons. The van der Waals surface area contributed by atoms with Gasteiger partial charge in [0, 0.05) is 40.7 Å². The highest BCUT2D eigenvalue weighted by Crippen LogP contribution is 2.32. The summed E-state index contributed by atoms with van der Waals surface area (Å²) in [6, 6.07) is 6.03. The number of thiazole rings is 1. The number of ether oxygens (including phenoxy) is 1. The Morgan fingerprint density at radius 3 is 3.11 bits per heavy atom. The lowest BCUT2D eigenvalue weighted by Gasteiger charge is -1.99. The van der Waals surface area contributed by atoms with Crippen LogP contribution in [0.1, 0.15) is 6.92 Å². The zero-order valence-corrected chi connectivity index (χ0v) is 11.7. The number of hydrogen-bond acceptors (Lipinski definition) is 4. The van der Waals surface area contributed by atoms with Crippen LogP contribution in [0.3, 0.4) is 0 Å². The molecule has 0 aliphatic carbocycles. The fourth-order valence-corrected chi connectivity index (χ4v) is 2.86. The third kappa shape index (κ3) is 2.17. The first kappa shape index (κ1) is 12.0. The molecule has 2 aromatic heterocycles. The maximum atomic E-state index is 5.23. The molecule has 0 saturated heterocycles. The molecule has 0 spiro atoms. The number of rotatable bonds is 4. The van der Waals surface area contributed by atoms with Gasteiger partial charge in [0.1, 0.15) is 5.75 Å². The summed E-state index contributed by atoms with van der Waals surface area (Å²) in [5, 5.41) is 7.43. The molecule has 0 unspecified atom stereocenters. The molecule has 3 aromatic rings. The van der Waals surface area contributed by atoms with Gasteiger partial charge < -0.3 is 15.0 Å². The Balaban J connectivity index is 2.04. The Morgan fingerprint density at radius 2 is 2.32 bits per heavy atom. The molecule has 1 aromatic carbocycles. The molecule has 4 nitrogen and oxygen atoms in total. The van der Waals surface area contributed by atoms with Gasteiger partial charge in [-0.2, -0.15) is 0 Å². The van der Waals surface area contributed by atoms with Gasteiger partial charge in [-0.15, -0.1) is 11.3 Å². The van der Waals surface area contributed by atoms with E-state index in [4.69, 9.17) is 4.74 Å². The second kappa shape index (κ2) is 4.93. The predicted octanol–water partition coefficient (Wildman–Crippen LogP) is 3.73. The Bertz CT molecular complexity index is 702. The van der Waals surface area contributed by atoms with E-state index in [2.05, 4.69) is 33.7 Å². The maximum Gasteiger partial charge on any atom is 0.183 e. The lowest BCUT2D eigenvalue weighted by Crippen LogP contribution is -1.94. The fraction of sp³-hybridized carbons (Fsp3) is 0.214. The molecule has 0 aliphatic heterocycles. The third-order valence-electron chi connectivity index (χ3n) is 3.00. The summed E-state index contributed by atoms with van der Waals surface area (Å²) >= 11 is 1.63. The summed E-state index contributed by atoms with van der Waals surface area (Å²) < 4.78 is 5.23.